The van der Waals surface area contributed by atoms with E-state index in [4.69, 9.17) is 4.74 Å². The van der Waals surface area contributed by atoms with Gasteiger partial charge in [-0.05, 0) is 13.3 Å². The lowest BCUT2D eigenvalue weighted by atomic mass is 10.3. The molecule has 1 aromatic heterocycles. The molecule has 0 fully saturated rings. The molecule has 0 bridgehead atoms. The summed E-state index contributed by atoms with van der Waals surface area (Å²) in [6.07, 6.45) is 0.344. The van der Waals surface area contributed by atoms with Crippen molar-refractivity contribution in [3.05, 3.63) is 11.9 Å². The fraction of sp³-hybridized carbons (Fsp3) is 0.667. The Balaban J connectivity index is 2.75. The van der Waals surface area contributed by atoms with E-state index >= 15 is 0 Å². The van der Waals surface area contributed by atoms with Crippen LogP contribution in [0.4, 0.5) is 11.6 Å². The summed E-state index contributed by atoms with van der Waals surface area (Å²) in [4.78, 5) is 8.62. The molecule has 18 heavy (non-hydrogen) atoms. The summed E-state index contributed by atoms with van der Waals surface area (Å²) in [5.41, 5.74) is 0. The number of nitrogens with zero attached hydrogens (tertiary/aromatic N) is 2. The van der Waals surface area contributed by atoms with E-state index < -0.39 is 0 Å². The number of ether oxygens (including phenoxy) is 1. The zero-order valence-corrected chi connectivity index (χ0v) is 11.2. The van der Waals surface area contributed by atoms with Gasteiger partial charge in [0.2, 0.25) is 0 Å². The highest BCUT2D eigenvalue weighted by molar-refractivity contribution is 5.47. The second kappa shape index (κ2) is 7.84. The Morgan fingerprint density at radius 2 is 1.94 bits per heavy atom. The molecule has 1 rings (SSSR count). The van der Waals surface area contributed by atoms with Crippen molar-refractivity contribution in [2.75, 3.05) is 30.8 Å². The molecule has 0 saturated carbocycles. The predicted octanol–water partition coefficient (Wildman–Crippen LogP) is 1.24. The Morgan fingerprint density at radius 3 is 2.50 bits per heavy atom. The average molecular weight is 254 g/mol. The first-order chi connectivity index (χ1) is 8.69. The number of anilines is 2. The number of rotatable bonds is 8. The van der Waals surface area contributed by atoms with E-state index in [2.05, 4.69) is 20.6 Å². The third-order valence-electron chi connectivity index (χ3n) is 2.39. The Kier molecular flexibility index (Phi) is 6.38. The first-order valence-corrected chi connectivity index (χ1v) is 6.22. The number of methoxy groups -OCH3 is 1. The number of hydrogen-bond donors (Lipinski definition) is 3. The predicted molar refractivity (Wildman–Crippen MR) is 71.7 cm³/mol. The van der Waals surface area contributed by atoms with Crippen LogP contribution in [0.3, 0.4) is 0 Å². The summed E-state index contributed by atoms with van der Waals surface area (Å²) in [6.45, 7) is 5.58. The molecule has 102 valence electrons. The number of aliphatic hydroxyl groups excluding tert-OH is 1. The molecule has 1 atom stereocenters. The second-order valence-electron chi connectivity index (χ2n) is 3.96. The van der Waals surface area contributed by atoms with Crippen LogP contribution in [0.1, 0.15) is 26.1 Å². The minimum Gasteiger partial charge on any atom is -0.391 e. The molecular formula is C12H22N4O2. The SMILES string of the molecule is CCNc1cc(NCC(O)CC)nc(COC)n1. The van der Waals surface area contributed by atoms with Crippen molar-refractivity contribution in [1.29, 1.82) is 0 Å². The molecule has 1 unspecified atom stereocenters. The van der Waals surface area contributed by atoms with E-state index in [1.807, 2.05) is 19.9 Å². The molecule has 0 spiro atoms. The van der Waals surface area contributed by atoms with Gasteiger partial charge < -0.3 is 20.5 Å². The highest BCUT2D eigenvalue weighted by atomic mass is 16.5. The van der Waals surface area contributed by atoms with Crippen LogP contribution in [0.25, 0.3) is 0 Å². The fourth-order valence-electron chi connectivity index (χ4n) is 1.42. The molecule has 0 amide bonds. The van der Waals surface area contributed by atoms with Crippen LogP contribution < -0.4 is 10.6 Å². The third-order valence-corrected chi connectivity index (χ3v) is 2.39. The van der Waals surface area contributed by atoms with Gasteiger partial charge >= 0.3 is 0 Å². The number of hydrogen-bond acceptors (Lipinski definition) is 6. The van der Waals surface area contributed by atoms with Crippen LogP contribution in [-0.4, -0.2) is 41.4 Å². The van der Waals surface area contributed by atoms with Crippen molar-refractivity contribution in [1.82, 2.24) is 9.97 Å². The molecular weight excluding hydrogens is 232 g/mol. The molecule has 0 radical (unpaired) electrons. The zero-order chi connectivity index (χ0) is 13.4. The van der Waals surface area contributed by atoms with Crippen LogP contribution in [0.5, 0.6) is 0 Å². The van der Waals surface area contributed by atoms with Crippen molar-refractivity contribution >= 4 is 11.6 Å². The first-order valence-electron chi connectivity index (χ1n) is 6.22. The highest BCUT2D eigenvalue weighted by Gasteiger charge is 2.06. The molecule has 1 aromatic rings. The maximum Gasteiger partial charge on any atom is 0.158 e. The summed E-state index contributed by atoms with van der Waals surface area (Å²) < 4.78 is 5.03. The first kappa shape index (κ1) is 14.7. The Hall–Kier alpha value is -1.40. The maximum absolute atomic E-state index is 9.52. The van der Waals surface area contributed by atoms with E-state index in [9.17, 15) is 5.11 Å². The number of aromatic nitrogens is 2. The minimum absolute atomic E-state index is 0.365. The van der Waals surface area contributed by atoms with Crippen molar-refractivity contribution < 1.29 is 9.84 Å². The van der Waals surface area contributed by atoms with Crippen LogP contribution >= 0.6 is 0 Å². The van der Waals surface area contributed by atoms with Crippen molar-refractivity contribution in [2.45, 2.75) is 33.0 Å². The summed E-state index contributed by atoms with van der Waals surface area (Å²) in [6, 6.07) is 1.82. The lowest BCUT2D eigenvalue weighted by molar-refractivity contribution is 0.177. The monoisotopic (exact) mass is 254 g/mol. The van der Waals surface area contributed by atoms with E-state index in [1.54, 1.807) is 7.11 Å². The Morgan fingerprint density at radius 1 is 1.28 bits per heavy atom. The smallest absolute Gasteiger partial charge is 0.158 e. The topological polar surface area (TPSA) is 79.3 Å². The third kappa shape index (κ3) is 4.85. The van der Waals surface area contributed by atoms with Crippen molar-refractivity contribution in [3.63, 3.8) is 0 Å². The van der Waals surface area contributed by atoms with Gasteiger partial charge in [-0.2, -0.15) is 0 Å². The van der Waals surface area contributed by atoms with Crippen molar-refractivity contribution in [3.8, 4) is 0 Å². The lowest BCUT2D eigenvalue weighted by Gasteiger charge is -2.12. The van der Waals surface area contributed by atoms with E-state index in [-0.39, 0.29) is 6.10 Å². The molecule has 6 heteroatoms. The Labute approximate surface area is 108 Å². The van der Waals surface area contributed by atoms with Gasteiger partial charge in [-0.1, -0.05) is 6.92 Å². The van der Waals surface area contributed by atoms with Gasteiger partial charge in [0.15, 0.2) is 5.82 Å². The quantitative estimate of drug-likeness (QED) is 0.647. The van der Waals surface area contributed by atoms with Gasteiger partial charge in [0, 0.05) is 26.3 Å². The Bertz CT molecular complexity index is 336. The van der Waals surface area contributed by atoms with Crippen molar-refractivity contribution in [2.24, 2.45) is 0 Å². The number of nitrogens with one attached hydrogen (secondary N) is 2. The number of aliphatic hydroxyl groups is 1. The molecule has 0 aliphatic heterocycles. The van der Waals surface area contributed by atoms with E-state index in [1.165, 1.54) is 0 Å². The van der Waals surface area contributed by atoms with Gasteiger partial charge in [-0.25, -0.2) is 9.97 Å². The van der Waals surface area contributed by atoms with Gasteiger partial charge in [0.1, 0.15) is 18.2 Å². The fourth-order valence-corrected chi connectivity index (χ4v) is 1.42. The average Bonchev–Trinajstić information content (AvgIpc) is 2.36. The minimum atomic E-state index is -0.367. The molecule has 6 nitrogen and oxygen atoms in total. The van der Waals surface area contributed by atoms with Gasteiger partial charge in [0.05, 0.1) is 6.10 Å². The molecule has 0 saturated heterocycles. The van der Waals surface area contributed by atoms with Gasteiger partial charge in [-0.15, -0.1) is 0 Å². The molecule has 1 heterocycles. The summed E-state index contributed by atoms with van der Waals surface area (Å²) in [7, 11) is 1.61. The summed E-state index contributed by atoms with van der Waals surface area (Å²) >= 11 is 0. The largest absolute Gasteiger partial charge is 0.391 e. The van der Waals surface area contributed by atoms with E-state index in [0.29, 0.717) is 31.2 Å². The van der Waals surface area contributed by atoms with Crippen LogP contribution in [0.15, 0.2) is 6.07 Å². The van der Waals surface area contributed by atoms with Crippen LogP contribution in [-0.2, 0) is 11.3 Å². The van der Waals surface area contributed by atoms with Gasteiger partial charge in [-0.3, -0.25) is 0 Å². The highest BCUT2D eigenvalue weighted by Crippen LogP contribution is 2.12. The van der Waals surface area contributed by atoms with Crippen LogP contribution in [0, 0.1) is 0 Å². The normalized spacial score (nSPS) is 12.2. The zero-order valence-electron chi connectivity index (χ0n) is 11.2. The molecule has 0 aliphatic carbocycles. The maximum atomic E-state index is 9.52. The summed E-state index contributed by atoms with van der Waals surface area (Å²) in [5, 5.41) is 15.8. The molecule has 0 aliphatic rings. The molecule has 3 N–H and O–H groups in total. The standard InChI is InChI=1S/C12H22N4O2/c1-4-9(17)7-14-11-6-10(13-5-2)15-12(16-11)8-18-3/h6,9,17H,4-5,7-8H2,1-3H3,(H2,13,14,15,16). The summed E-state index contributed by atoms with van der Waals surface area (Å²) in [5.74, 6) is 2.07. The second-order valence-corrected chi connectivity index (χ2v) is 3.96. The van der Waals surface area contributed by atoms with Gasteiger partial charge in [0.25, 0.3) is 0 Å². The lowest BCUT2D eigenvalue weighted by Crippen LogP contribution is -2.19. The van der Waals surface area contributed by atoms with E-state index in [0.717, 1.165) is 12.4 Å². The van der Waals surface area contributed by atoms with Crippen LogP contribution in [0.2, 0.25) is 0 Å². The molecule has 0 aromatic carbocycles.